The SMILES string of the molecule is C=CC.CCOC(=O)c1nn(Cc2ccccc2F)c(N)c1C. The Hall–Kier alpha value is -2.63. The fourth-order valence-electron chi connectivity index (χ4n) is 1.87. The zero-order chi connectivity index (χ0) is 17.4. The number of nitrogens with zero attached hydrogens (tertiary/aromatic N) is 2. The Kier molecular flexibility index (Phi) is 6.99. The van der Waals surface area contributed by atoms with Crippen LogP contribution in [-0.4, -0.2) is 22.4 Å². The Bertz CT molecular complexity index is 680. The largest absolute Gasteiger partial charge is 0.461 e. The number of rotatable bonds is 4. The highest BCUT2D eigenvalue weighted by atomic mass is 19.1. The summed E-state index contributed by atoms with van der Waals surface area (Å²) in [5.41, 5.74) is 7.07. The monoisotopic (exact) mass is 319 g/mol. The Morgan fingerprint density at radius 3 is 2.65 bits per heavy atom. The molecule has 2 rings (SSSR count). The number of esters is 1. The van der Waals surface area contributed by atoms with Gasteiger partial charge in [0.25, 0.3) is 0 Å². The summed E-state index contributed by atoms with van der Waals surface area (Å²) in [6.45, 7) is 9.08. The lowest BCUT2D eigenvalue weighted by atomic mass is 10.2. The van der Waals surface area contributed by atoms with E-state index in [0.29, 0.717) is 16.9 Å². The van der Waals surface area contributed by atoms with Crippen molar-refractivity contribution in [1.29, 1.82) is 0 Å². The number of nitrogen functional groups attached to an aromatic ring is 1. The molecule has 6 heteroatoms. The topological polar surface area (TPSA) is 70.1 Å². The van der Waals surface area contributed by atoms with E-state index in [4.69, 9.17) is 10.5 Å². The van der Waals surface area contributed by atoms with E-state index in [1.807, 2.05) is 6.92 Å². The Morgan fingerprint density at radius 1 is 1.48 bits per heavy atom. The van der Waals surface area contributed by atoms with Crippen molar-refractivity contribution in [2.45, 2.75) is 27.3 Å². The van der Waals surface area contributed by atoms with Gasteiger partial charge in [0, 0.05) is 11.1 Å². The van der Waals surface area contributed by atoms with Crippen molar-refractivity contribution in [2.75, 3.05) is 12.3 Å². The minimum absolute atomic E-state index is 0.165. The van der Waals surface area contributed by atoms with Crippen LogP contribution in [0.5, 0.6) is 0 Å². The molecule has 23 heavy (non-hydrogen) atoms. The zero-order valence-corrected chi connectivity index (χ0v) is 13.7. The maximum Gasteiger partial charge on any atom is 0.359 e. The van der Waals surface area contributed by atoms with Crippen LogP contribution >= 0.6 is 0 Å². The van der Waals surface area contributed by atoms with E-state index in [1.54, 1.807) is 38.1 Å². The summed E-state index contributed by atoms with van der Waals surface area (Å²) in [6.07, 6.45) is 1.75. The van der Waals surface area contributed by atoms with Crippen LogP contribution in [0.15, 0.2) is 36.9 Å². The lowest BCUT2D eigenvalue weighted by molar-refractivity contribution is 0.0517. The van der Waals surface area contributed by atoms with Crippen molar-refractivity contribution < 1.29 is 13.9 Å². The molecule has 2 N–H and O–H groups in total. The fraction of sp³-hybridized carbons (Fsp3) is 0.294. The molecule has 0 aliphatic carbocycles. The minimum Gasteiger partial charge on any atom is -0.461 e. The van der Waals surface area contributed by atoms with Gasteiger partial charge >= 0.3 is 5.97 Å². The summed E-state index contributed by atoms with van der Waals surface area (Å²) < 4.78 is 19.9. The predicted octanol–water partition coefficient (Wildman–Crippen LogP) is 3.33. The molecule has 2 aromatic rings. The van der Waals surface area contributed by atoms with Gasteiger partial charge in [0.15, 0.2) is 5.69 Å². The van der Waals surface area contributed by atoms with Crippen LogP contribution in [0.4, 0.5) is 10.2 Å². The molecule has 0 saturated carbocycles. The van der Waals surface area contributed by atoms with Gasteiger partial charge in [-0.15, -0.1) is 6.58 Å². The number of hydrogen-bond donors (Lipinski definition) is 1. The lowest BCUT2D eigenvalue weighted by Gasteiger charge is -2.05. The van der Waals surface area contributed by atoms with Gasteiger partial charge in [0.1, 0.15) is 11.6 Å². The van der Waals surface area contributed by atoms with E-state index >= 15 is 0 Å². The number of ether oxygens (including phenoxy) is 1. The Balaban J connectivity index is 0.000000816. The van der Waals surface area contributed by atoms with Gasteiger partial charge in [-0.05, 0) is 26.8 Å². The zero-order valence-electron chi connectivity index (χ0n) is 13.7. The van der Waals surface area contributed by atoms with Gasteiger partial charge in [-0.2, -0.15) is 5.10 Å². The molecule has 5 nitrogen and oxygen atoms in total. The first-order chi connectivity index (χ1) is 11.0. The van der Waals surface area contributed by atoms with Crippen molar-refractivity contribution in [3.63, 3.8) is 0 Å². The standard InChI is InChI=1S/C14H16FN3O2.C3H6/c1-3-20-14(19)12-9(2)13(16)18(17-12)8-10-6-4-5-7-11(10)15;1-3-2/h4-7H,3,8,16H2,1-2H3;3H,1H2,2H3. The molecule has 0 unspecified atom stereocenters. The normalized spacial score (nSPS) is 9.74. The lowest BCUT2D eigenvalue weighted by Crippen LogP contribution is -2.09. The van der Waals surface area contributed by atoms with Crippen LogP contribution in [0, 0.1) is 12.7 Å². The predicted molar refractivity (Wildman–Crippen MR) is 88.7 cm³/mol. The van der Waals surface area contributed by atoms with Crippen LogP contribution < -0.4 is 5.73 Å². The summed E-state index contributed by atoms with van der Waals surface area (Å²) in [7, 11) is 0. The molecule has 0 atom stereocenters. The van der Waals surface area contributed by atoms with E-state index in [-0.39, 0.29) is 24.7 Å². The second-order valence-electron chi connectivity index (χ2n) is 4.74. The highest BCUT2D eigenvalue weighted by molar-refractivity contribution is 5.90. The molecule has 1 aromatic heterocycles. The molecular weight excluding hydrogens is 297 g/mol. The summed E-state index contributed by atoms with van der Waals surface area (Å²) in [6, 6.07) is 6.36. The molecule has 0 fully saturated rings. The van der Waals surface area contributed by atoms with Crippen molar-refractivity contribution in [2.24, 2.45) is 0 Å². The highest BCUT2D eigenvalue weighted by Crippen LogP contribution is 2.18. The molecule has 0 aliphatic heterocycles. The number of carbonyl (C=O) groups is 1. The van der Waals surface area contributed by atoms with E-state index in [9.17, 15) is 9.18 Å². The van der Waals surface area contributed by atoms with Crippen molar-refractivity contribution in [3.05, 3.63) is 59.6 Å². The second kappa shape index (κ2) is 8.73. The Labute approximate surface area is 135 Å². The van der Waals surface area contributed by atoms with E-state index in [1.165, 1.54) is 10.7 Å². The van der Waals surface area contributed by atoms with E-state index < -0.39 is 5.97 Å². The third kappa shape index (κ3) is 4.67. The number of carbonyl (C=O) groups excluding carboxylic acids is 1. The summed E-state index contributed by atoms with van der Waals surface area (Å²) in [5.74, 6) is -0.530. The molecular formula is C17H22FN3O2. The third-order valence-corrected chi connectivity index (χ3v) is 2.98. The van der Waals surface area contributed by atoms with Gasteiger partial charge in [0.05, 0.1) is 13.2 Å². The first-order valence-electron chi connectivity index (χ1n) is 7.26. The van der Waals surface area contributed by atoms with Gasteiger partial charge in [-0.1, -0.05) is 24.3 Å². The average Bonchev–Trinajstić information content (AvgIpc) is 2.79. The van der Waals surface area contributed by atoms with Gasteiger partial charge in [-0.3, -0.25) is 0 Å². The van der Waals surface area contributed by atoms with Crippen LogP contribution in [0.1, 0.15) is 35.5 Å². The molecule has 0 saturated heterocycles. The highest BCUT2D eigenvalue weighted by Gasteiger charge is 2.19. The average molecular weight is 319 g/mol. The van der Waals surface area contributed by atoms with Crippen LogP contribution in [0.2, 0.25) is 0 Å². The quantitative estimate of drug-likeness (QED) is 0.693. The van der Waals surface area contributed by atoms with Gasteiger partial charge in [-0.25, -0.2) is 13.9 Å². The molecule has 0 bridgehead atoms. The van der Waals surface area contributed by atoms with Gasteiger partial charge in [0.2, 0.25) is 0 Å². The van der Waals surface area contributed by atoms with Gasteiger partial charge < -0.3 is 10.5 Å². The molecule has 0 aliphatic rings. The minimum atomic E-state index is -0.524. The number of nitrogens with two attached hydrogens (primary N) is 1. The molecule has 0 radical (unpaired) electrons. The van der Waals surface area contributed by atoms with Crippen molar-refractivity contribution in [1.82, 2.24) is 9.78 Å². The molecule has 124 valence electrons. The fourth-order valence-corrected chi connectivity index (χ4v) is 1.87. The first-order valence-corrected chi connectivity index (χ1v) is 7.26. The molecule has 0 spiro atoms. The summed E-state index contributed by atoms with van der Waals surface area (Å²) >= 11 is 0. The Morgan fingerprint density at radius 2 is 2.09 bits per heavy atom. The second-order valence-corrected chi connectivity index (χ2v) is 4.74. The number of aromatic nitrogens is 2. The number of hydrogen-bond acceptors (Lipinski definition) is 4. The van der Waals surface area contributed by atoms with Crippen LogP contribution in [-0.2, 0) is 11.3 Å². The third-order valence-electron chi connectivity index (χ3n) is 2.98. The number of allylic oxidation sites excluding steroid dienone is 1. The van der Waals surface area contributed by atoms with E-state index in [2.05, 4.69) is 11.7 Å². The molecule has 1 aromatic carbocycles. The van der Waals surface area contributed by atoms with Crippen LogP contribution in [0.25, 0.3) is 0 Å². The molecule has 1 heterocycles. The van der Waals surface area contributed by atoms with Crippen LogP contribution in [0.3, 0.4) is 0 Å². The number of halogens is 1. The van der Waals surface area contributed by atoms with Crippen molar-refractivity contribution in [3.8, 4) is 0 Å². The smallest absolute Gasteiger partial charge is 0.359 e. The van der Waals surface area contributed by atoms with Crippen molar-refractivity contribution >= 4 is 11.8 Å². The maximum absolute atomic E-state index is 13.6. The van der Waals surface area contributed by atoms with E-state index in [0.717, 1.165) is 0 Å². The summed E-state index contributed by atoms with van der Waals surface area (Å²) in [5, 5.41) is 4.11. The number of benzene rings is 1. The summed E-state index contributed by atoms with van der Waals surface area (Å²) in [4.78, 5) is 11.7. The first kappa shape index (κ1) is 18.4. The maximum atomic E-state index is 13.6. The molecule has 0 amide bonds. The number of anilines is 1.